The molecule has 3 nitrogen and oxygen atoms in total. The number of nitrogens with one attached hydrogen (secondary N) is 1. The van der Waals surface area contributed by atoms with E-state index in [0.717, 1.165) is 15.6 Å². The van der Waals surface area contributed by atoms with Gasteiger partial charge in [-0.1, -0.05) is 6.07 Å². The first-order valence-electron chi connectivity index (χ1n) is 5.36. The minimum absolute atomic E-state index is 0.0333. The van der Waals surface area contributed by atoms with Crippen LogP contribution in [0, 0.1) is 13.8 Å². The van der Waals surface area contributed by atoms with Crippen molar-refractivity contribution in [3.63, 3.8) is 0 Å². The number of carbonyl (C=O) groups excluding carboxylic acids is 1. The van der Waals surface area contributed by atoms with Crippen molar-refractivity contribution >= 4 is 28.6 Å². The first-order chi connectivity index (χ1) is 8.08. The Morgan fingerprint density at radius 3 is 2.76 bits per heavy atom. The molecular weight excluding hydrogens is 252 g/mol. The second-order valence-electron chi connectivity index (χ2n) is 3.86. The van der Waals surface area contributed by atoms with Crippen LogP contribution in [-0.4, -0.2) is 10.9 Å². The molecule has 1 amide bonds. The first-order valence-corrected chi connectivity index (χ1v) is 7.06. The van der Waals surface area contributed by atoms with Crippen molar-refractivity contribution in [1.82, 2.24) is 10.3 Å². The van der Waals surface area contributed by atoms with Crippen molar-refractivity contribution in [2.45, 2.75) is 26.8 Å². The van der Waals surface area contributed by atoms with Crippen molar-refractivity contribution in [2.24, 2.45) is 0 Å². The van der Waals surface area contributed by atoms with E-state index in [1.54, 1.807) is 11.3 Å². The number of thiazole rings is 1. The van der Waals surface area contributed by atoms with Crippen molar-refractivity contribution in [3.05, 3.63) is 38.0 Å². The highest BCUT2D eigenvalue weighted by atomic mass is 32.1. The van der Waals surface area contributed by atoms with Gasteiger partial charge in [-0.3, -0.25) is 4.79 Å². The van der Waals surface area contributed by atoms with E-state index in [4.69, 9.17) is 0 Å². The standard InChI is InChI=1S/C12H14N2OS2/c1-7(10-5-4-6-16-10)14-12(15)11-8(2)13-9(3)17-11/h4-7H,1-3H3,(H,14,15). The zero-order valence-electron chi connectivity index (χ0n) is 9.98. The number of nitrogens with zero attached hydrogens (tertiary/aromatic N) is 1. The summed E-state index contributed by atoms with van der Waals surface area (Å²) in [6.07, 6.45) is 0. The number of carbonyl (C=O) groups is 1. The molecule has 5 heteroatoms. The molecule has 2 aromatic rings. The molecule has 2 aromatic heterocycles. The highest BCUT2D eigenvalue weighted by Crippen LogP contribution is 2.21. The van der Waals surface area contributed by atoms with E-state index in [1.807, 2.05) is 38.3 Å². The fraction of sp³-hybridized carbons (Fsp3) is 0.333. The molecule has 90 valence electrons. The topological polar surface area (TPSA) is 42.0 Å². The van der Waals surface area contributed by atoms with Gasteiger partial charge in [-0.25, -0.2) is 4.98 Å². The Balaban J connectivity index is 2.09. The van der Waals surface area contributed by atoms with Gasteiger partial charge in [-0.05, 0) is 32.2 Å². The molecule has 0 spiro atoms. The number of amides is 1. The number of hydrogen-bond donors (Lipinski definition) is 1. The normalized spacial score (nSPS) is 12.4. The summed E-state index contributed by atoms with van der Waals surface area (Å²) in [4.78, 5) is 18.2. The first kappa shape index (κ1) is 12.3. The van der Waals surface area contributed by atoms with E-state index in [0.29, 0.717) is 4.88 Å². The molecular formula is C12H14N2OS2. The van der Waals surface area contributed by atoms with Gasteiger partial charge in [-0.2, -0.15) is 0 Å². The summed E-state index contributed by atoms with van der Waals surface area (Å²) < 4.78 is 0. The number of aryl methyl sites for hydroxylation is 2. The van der Waals surface area contributed by atoms with Crippen LogP contribution < -0.4 is 5.32 Å². The van der Waals surface area contributed by atoms with Crippen LogP contribution in [0.1, 0.15) is 38.2 Å². The summed E-state index contributed by atoms with van der Waals surface area (Å²) in [6, 6.07) is 4.06. The smallest absolute Gasteiger partial charge is 0.263 e. The summed E-state index contributed by atoms with van der Waals surface area (Å²) in [5.41, 5.74) is 0.809. The highest BCUT2D eigenvalue weighted by Gasteiger charge is 2.16. The van der Waals surface area contributed by atoms with Crippen molar-refractivity contribution in [1.29, 1.82) is 0 Å². The molecule has 0 aliphatic heterocycles. The Bertz CT molecular complexity index is 517. The average molecular weight is 266 g/mol. The molecule has 1 atom stereocenters. The molecule has 0 fully saturated rings. The molecule has 1 unspecified atom stereocenters. The van der Waals surface area contributed by atoms with Crippen molar-refractivity contribution in [3.8, 4) is 0 Å². The monoisotopic (exact) mass is 266 g/mol. The Morgan fingerprint density at radius 1 is 1.47 bits per heavy atom. The Hall–Kier alpha value is -1.20. The van der Waals surface area contributed by atoms with Gasteiger partial charge in [-0.15, -0.1) is 22.7 Å². The number of aromatic nitrogens is 1. The summed E-state index contributed by atoms with van der Waals surface area (Å²) >= 11 is 3.09. The quantitative estimate of drug-likeness (QED) is 0.926. The summed E-state index contributed by atoms with van der Waals surface area (Å²) in [6.45, 7) is 5.78. The van der Waals surface area contributed by atoms with Crippen LogP contribution in [0.15, 0.2) is 17.5 Å². The van der Waals surface area contributed by atoms with Crippen LogP contribution in [0.5, 0.6) is 0 Å². The molecule has 0 saturated heterocycles. The van der Waals surface area contributed by atoms with Gasteiger partial charge in [0.1, 0.15) is 4.88 Å². The van der Waals surface area contributed by atoms with Gasteiger partial charge in [0, 0.05) is 4.88 Å². The molecule has 2 rings (SSSR count). The van der Waals surface area contributed by atoms with Crippen LogP contribution in [0.2, 0.25) is 0 Å². The predicted octanol–water partition coefficient (Wildman–Crippen LogP) is 3.31. The van der Waals surface area contributed by atoms with Crippen LogP contribution >= 0.6 is 22.7 Å². The fourth-order valence-corrected chi connectivity index (χ4v) is 3.17. The Kier molecular flexibility index (Phi) is 3.59. The summed E-state index contributed by atoms with van der Waals surface area (Å²) in [5, 5.41) is 5.94. The van der Waals surface area contributed by atoms with Crippen LogP contribution in [0.3, 0.4) is 0 Å². The van der Waals surface area contributed by atoms with Gasteiger partial charge in [0.25, 0.3) is 5.91 Å². The van der Waals surface area contributed by atoms with E-state index >= 15 is 0 Å². The molecule has 0 aliphatic rings. The lowest BCUT2D eigenvalue weighted by atomic mass is 10.2. The van der Waals surface area contributed by atoms with Crippen molar-refractivity contribution < 1.29 is 4.79 Å². The lowest BCUT2D eigenvalue weighted by Crippen LogP contribution is -2.25. The maximum absolute atomic E-state index is 12.0. The second-order valence-corrected chi connectivity index (χ2v) is 6.04. The zero-order valence-corrected chi connectivity index (χ0v) is 11.6. The Morgan fingerprint density at radius 2 is 2.24 bits per heavy atom. The van der Waals surface area contributed by atoms with Gasteiger partial charge in [0.15, 0.2) is 0 Å². The molecule has 0 aliphatic carbocycles. The van der Waals surface area contributed by atoms with Gasteiger partial charge < -0.3 is 5.32 Å². The maximum atomic E-state index is 12.0. The van der Waals surface area contributed by atoms with E-state index in [9.17, 15) is 4.79 Å². The molecule has 0 bridgehead atoms. The molecule has 0 aromatic carbocycles. The minimum Gasteiger partial charge on any atom is -0.344 e. The number of hydrogen-bond acceptors (Lipinski definition) is 4. The van der Waals surface area contributed by atoms with E-state index in [1.165, 1.54) is 11.3 Å². The maximum Gasteiger partial charge on any atom is 0.263 e. The lowest BCUT2D eigenvalue weighted by Gasteiger charge is -2.11. The summed E-state index contributed by atoms with van der Waals surface area (Å²) in [5.74, 6) is -0.0333. The van der Waals surface area contributed by atoms with Crippen molar-refractivity contribution in [2.75, 3.05) is 0 Å². The van der Waals surface area contributed by atoms with Crippen LogP contribution in [-0.2, 0) is 0 Å². The van der Waals surface area contributed by atoms with E-state index in [-0.39, 0.29) is 11.9 Å². The minimum atomic E-state index is -0.0333. The van der Waals surface area contributed by atoms with Gasteiger partial charge in [0.2, 0.25) is 0 Å². The molecule has 0 saturated carbocycles. The third-order valence-electron chi connectivity index (χ3n) is 2.43. The summed E-state index contributed by atoms with van der Waals surface area (Å²) in [7, 11) is 0. The largest absolute Gasteiger partial charge is 0.344 e. The zero-order chi connectivity index (χ0) is 12.4. The van der Waals surface area contributed by atoms with Crippen LogP contribution in [0.25, 0.3) is 0 Å². The number of thiophene rings is 1. The molecule has 1 N–H and O–H groups in total. The number of rotatable bonds is 3. The molecule has 0 radical (unpaired) electrons. The highest BCUT2D eigenvalue weighted by molar-refractivity contribution is 7.13. The lowest BCUT2D eigenvalue weighted by molar-refractivity contribution is 0.0944. The van der Waals surface area contributed by atoms with Gasteiger partial charge >= 0.3 is 0 Å². The van der Waals surface area contributed by atoms with E-state index in [2.05, 4.69) is 10.3 Å². The Labute approximate surface area is 109 Å². The fourth-order valence-electron chi connectivity index (χ4n) is 1.61. The second kappa shape index (κ2) is 4.98. The third kappa shape index (κ3) is 2.73. The predicted molar refractivity (Wildman–Crippen MR) is 71.8 cm³/mol. The van der Waals surface area contributed by atoms with E-state index < -0.39 is 0 Å². The molecule has 2 heterocycles. The van der Waals surface area contributed by atoms with Crippen LogP contribution in [0.4, 0.5) is 0 Å². The average Bonchev–Trinajstić information content (AvgIpc) is 2.87. The SMILES string of the molecule is Cc1nc(C)c(C(=O)NC(C)c2cccs2)s1. The molecule has 17 heavy (non-hydrogen) atoms. The third-order valence-corrected chi connectivity index (χ3v) is 4.55. The van der Waals surface area contributed by atoms with Gasteiger partial charge in [0.05, 0.1) is 16.7 Å².